The standard InChI is InChI=1S/C19H20Cl2N2O4/c1-4-23(11-16(24)22-17-13(20)8-6-9-14(17)21)19(25)12-7-5-10-15(26-2)18(12)27-3/h5-10H,4,11H2,1-3H3,(H,22,24). The van der Waals surface area contributed by atoms with Gasteiger partial charge in [-0.3, -0.25) is 9.59 Å². The molecule has 2 amide bonds. The molecule has 0 aliphatic heterocycles. The van der Waals surface area contributed by atoms with E-state index in [-0.39, 0.29) is 12.5 Å². The van der Waals surface area contributed by atoms with Gasteiger partial charge in [0.1, 0.15) is 6.54 Å². The van der Waals surface area contributed by atoms with Crippen LogP contribution in [0.25, 0.3) is 0 Å². The van der Waals surface area contributed by atoms with Crippen LogP contribution >= 0.6 is 23.2 Å². The number of para-hydroxylation sites is 2. The number of hydrogen-bond donors (Lipinski definition) is 1. The van der Waals surface area contributed by atoms with Gasteiger partial charge in [-0.25, -0.2) is 0 Å². The number of halogens is 2. The number of carbonyl (C=O) groups excluding carboxylic acids is 2. The summed E-state index contributed by atoms with van der Waals surface area (Å²) in [5.41, 5.74) is 0.621. The van der Waals surface area contributed by atoms with Gasteiger partial charge in [0.05, 0.1) is 35.5 Å². The molecule has 0 atom stereocenters. The van der Waals surface area contributed by atoms with Crippen LogP contribution in [0.15, 0.2) is 36.4 Å². The minimum atomic E-state index is -0.415. The van der Waals surface area contributed by atoms with Crippen molar-refractivity contribution in [2.45, 2.75) is 6.92 Å². The Hall–Kier alpha value is -2.44. The van der Waals surface area contributed by atoms with E-state index in [1.54, 1.807) is 43.3 Å². The number of nitrogens with one attached hydrogen (secondary N) is 1. The van der Waals surface area contributed by atoms with Crippen LogP contribution in [0.5, 0.6) is 11.5 Å². The molecular weight excluding hydrogens is 391 g/mol. The minimum absolute atomic E-state index is 0.169. The Morgan fingerprint density at radius 2 is 1.67 bits per heavy atom. The second kappa shape index (κ2) is 9.48. The van der Waals surface area contributed by atoms with E-state index >= 15 is 0 Å². The number of carbonyl (C=O) groups is 2. The van der Waals surface area contributed by atoms with Crippen molar-refractivity contribution < 1.29 is 19.1 Å². The molecule has 144 valence electrons. The quantitative estimate of drug-likeness (QED) is 0.745. The molecule has 6 nitrogen and oxygen atoms in total. The van der Waals surface area contributed by atoms with Crippen LogP contribution < -0.4 is 14.8 Å². The summed E-state index contributed by atoms with van der Waals surface area (Å²) in [5.74, 6) is -0.0135. The molecule has 0 bridgehead atoms. The lowest BCUT2D eigenvalue weighted by atomic mass is 10.1. The van der Waals surface area contributed by atoms with Gasteiger partial charge in [0.25, 0.3) is 5.91 Å². The molecule has 0 radical (unpaired) electrons. The molecule has 2 rings (SSSR count). The molecule has 2 aromatic rings. The van der Waals surface area contributed by atoms with Crippen LogP contribution in [0, 0.1) is 0 Å². The highest BCUT2D eigenvalue weighted by Gasteiger charge is 2.23. The number of ether oxygens (including phenoxy) is 2. The summed E-state index contributed by atoms with van der Waals surface area (Å²) < 4.78 is 10.5. The SMILES string of the molecule is CCN(CC(=O)Nc1c(Cl)cccc1Cl)C(=O)c1cccc(OC)c1OC. The first-order valence-corrected chi connectivity index (χ1v) is 8.92. The third-order valence-electron chi connectivity index (χ3n) is 3.86. The first kappa shape index (κ1) is 20.9. The first-order valence-electron chi connectivity index (χ1n) is 8.17. The Labute approximate surface area is 168 Å². The van der Waals surface area contributed by atoms with E-state index in [0.717, 1.165) is 0 Å². The topological polar surface area (TPSA) is 67.9 Å². The summed E-state index contributed by atoms with van der Waals surface area (Å²) >= 11 is 12.1. The van der Waals surface area contributed by atoms with Gasteiger partial charge in [0.15, 0.2) is 11.5 Å². The van der Waals surface area contributed by atoms with Crippen LogP contribution in [0.4, 0.5) is 5.69 Å². The Morgan fingerprint density at radius 3 is 2.22 bits per heavy atom. The van der Waals surface area contributed by atoms with E-state index in [4.69, 9.17) is 32.7 Å². The van der Waals surface area contributed by atoms with E-state index in [9.17, 15) is 9.59 Å². The van der Waals surface area contributed by atoms with Gasteiger partial charge < -0.3 is 19.7 Å². The molecule has 0 fully saturated rings. The monoisotopic (exact) mass is 410 g/mol. The van der Waals surface area contributed by atoms with Gasteiger partial charge >= 0.3 is 0 Å². The Kier molecular flexibility index (Phi) is 7.33. The molecule has 2 aromatic carbocycles. The van der Waals surface area contributed by atoms with E-state index in [1.165, 1.54) is 19.1 Å². The second-order valence-electron chi connectivity index (χ2n) is 5.51. The number of likely N-dealkylation sites (N-methyl/N-ethyl adjacent to an activating group) is 1. The largest absolute Gasteiger partial charge is 0.493 e. The van der Waals surface area contributed by atoms with Crippen molar-refractivity contribution in [2.75, 3.05) is 32.6 Å². The van der Waals surface area contributed by atoms with E-state index < -0.39 is 5.91 Å². The van der Waals surface area contributed by atoms with Crippen molar-refractivity contribution in [3.8, 4) is 11.5 Å². The molecule has 0 aromatic heterocycles. The predicted octanol–water partition coefficient (Wildman–Crippen LogP) is 4.11. The maximum atomic E-state index is 12.9. The van der Waals surface area contributed by atoms with Crippen LogP contribution in [-0.4, -0.2) is 44.0 Å². The molecule has 0 aliphatic carbocycles. The van der Waals surface area contributed by atoms with Crippen molar-refractivity contribution in [1.82, 2.24) is 4.90 Å². The zero-order chi connectivity index (χ0) is 20.0. The van der Waals surface area contributed by atoms with Gasteiger partial charge in [-0.05, 0) is 31.2 Å². The minimum Gasteiger partial charge on any atom is -0.493 e. The summed E-state index contributed by atoms with van der Waals surface area (Å²) in [6.45, 7) is 1.93. The fourth-order valence-electron chi connectivity index (χ4n) is 2.52. The second-order valence-corrected chi connectivity index (χ2v) is 6.32. The molecule has 1 N–H and O–H groups in total. The Bertz CT molecular complexity index is 822. The fraction of sp³-hybridized carbons (Fsp3) is 0.263. The normalized spacial score (nSPS) is 10.3. The number of hydrogen-bond acceptors (Lipinski definition) is 4. The molecule has 0 heterocycles. The van der Waals surface area contributed by atoms with Crippen molar-refractivity contribution in [3.05, 3.63) is 52.0 Å². The number of nitrogens with zero attached hydrogens (tertiary/aromatic N) is 1. The van der Waals surface area contributed by atoms with Crippen molar-refractivity contribution >= 4 is 40.7 Å². The number of benzene rings is 2. The third-order valence-corrected chi connectivity index (χ3v) is 4.49. The lowest BCUT2D eigenvalue weighted by Crippen LogP contribution is -2.38. The van der Waals surface area contributed by atoms with E-state index in [0.29, 0.717) is 39.3 Å². The van der Waals surface area contributed by atoms with Crippen LogP contribution in [0.2, 0.25) is 10.0 Å². The average molecular weight is 411 g/mol. The van der Waals surface area contributed by atoms with Gasteiger partial charge in [-0.1, -0.05) is 35.3 Å². The molecule has 0 saturated carbocycles. The molecule has 0 saturated heterocycles. The lowest BCUT2D eigenvalue weighted by molar-refractivity contribution is -0.116. The summed E-state index contributed by atoms with van der Waals surface area (Å²) in [6, 6.07) is 9.91. The highest BCUT2D eigenvalue weighted by molar-refractivity contribution is 6.39. The molecule has 8 heteroatoms. The summed E-state index contributed by atoms with van der Waals surface area (Å²) in [4.78, 5) is 26.7. The lowest BCUT2D eigenvalue weighted by Gasteiger charge is -2.22. The highest BCUT2D eigenvalue weighted by atomic mass is 35.5. The van der Waals surface area contributed by atoms with E-state index in [1.807, 2.05) is 0 Å². The molecule has 0 unspecified atom stereocenters. The van der Waals surface area contributed by atoms with Crippen LogP contribution in [0.1, 0.15) is 17.3 Å². The maximum Gasteiger partial charge on any atom is 0.258 e. The number of anilines is 1. The van der Waals surface area contributed by atoms with Gasteiger partial charge in [0.2, 0.25) is 5.91 Å². The first-order chi connectivity index (χ1) is 12.9. The average Bonchev–Trinajstić information content (AvgIpc) is 2.67. The third kappa shape index (κ3) is 4.84. The highest BCUT2D eigenvalue weighted by Crippen LogP contribution is 2.32. The predicted molar refractivity (Wildman–Crippen MR) is 106 cm³/mol. The molecule has 0 spiro atoms. The van der Waals surface area contributed by atoms with Crippen LogP contribution in [0.3, 0.4) is 0 Å². The maximum absolute atomic E-state index is 12.9. The van der Waals surface area contributed by atoms with Crippen molar-refractivity contribution in [3.63, 3.8) is 0 Å². The van der Waals surface area contributed by atoms with Crippen molar-refractivity contribution in [1.29, 1.82) is 0 Å². The molecule has 0 aliphatic rings. The zero-order valence-electron chi connectivity index (χ0n) is 15.2. The smallest absolute Gasteiger partial charge is 0.258 e. The van der Waals surface area contributed by atoms with Gasteiger partial charge in [-0.2, -0.15) is 0 Å². The van der Waals surface area contributed by atoms with Crippen molar-refractivity contribution in [2.24, 2.45) is 0 Å². The van der Waals surface area contributed by atoms with Gasteiger partial charge in [0, 0.05) is 6.54 Å². The van der Waals surface area contributed by atoms with E-state index in [2.05, 4.69) is 5.32 Å². The number of methoxy groups -OCH3 is 2. The summed E-state index contributed by atoms with van der Waals surface area (Å²) in [5, 5.41) is 3.29. The Balaban J connectivity index is 2.20. The Morgan fingerprint density at radius 1 is 1.04 bits per heavy atom. The molecule has 27 heavy (non-hydrogen) atoms. The van der Waals surface area contributed by atoms with Gasteiger partial charge in [-0.15, -0.1) is 0 Å². The molecular formula is C19H20Cl2N2O4. The summed E-state index contributed by atoms with van der Waals surface area (Å²) in [6.07, 6.45) is 0. The zero-order valence-corrected chi connectivity index (χ0v) is 16.7. The van der Waals surface area contributed by atoms with Crippen LogP contribution in [-0.2, 0) is 4.79 Å². The number of amides is 2. The fourth-order valence-corrected chi connectivity index (χ4v) is 3.01. The number of rotatable bonds is 7. The summed E-state index contributed by atoms with van der Waals surface area (Å²) in [7, 11) is 2.95.